The Morgan fingerprint density at radius 3 is 2.53 bits per heavy atom. The maximum absolute atomic E-state index is 13.4. The fourth-order valence-corrected chi connectivity index (χ4v) is 4.69. The van der Waals surface area contributed by atoms with Crippen molar-refractivity contribution in [3.8, 4) is 17.0 Å². The van der Waals surface area contributed by atoms with E-state index in [9.17, 15) is 9.59 Å². The predicted octanol–water partition coefficient (Wildman–Crippen LogP) is 4.44. The highest BCUT2D eigenvalue weighted by Gasteiger charge is 2.27. The van der Waals surface area contributed by atoms with Crippen molar-refractivity contribution >= 4 is 17.6 Å². The molecule has 3 aromatic rings. The third-order valence-electron chi connectivity index (χ3n) is 7.25. The number of hydrogen-bond acceptors (Lipinski definition) is 6. The average Bonchev–Trinajstić information content (AvgIpc) is 3.22. The number of carbonyl (C=O) groups is 2. The number of methoxy groups -OCH3 is 1. The minimum atomic E-state index is -0.0892. The number of hydrogen-bond donors (Lipinski definition) is 0. The first kappa shape index (κ1) is 27.1. The van der Waals surface area contributed by atoms with E-state index in [0.29, 0.717) is 25.2 Å². The lowest BCUT2D eigenvalue weighted by Crippen LogP contribution is -2.47. The zero-order chi connectivity index (χ0) is 27.1. The van der Waals surface area contributed by atoms with Gasteiger partial charge in [0, 0.05) is 43.3 Å². The van der Waals surface area contributed by atoms with Gasteiger partial charge in [-0.1, -0.05) is 37.3 Å². The zero-order valence-electron chi connectivity index (χ0n) is 22.8. The Bertz CT molecular complexity index is 1250. The molecule has 1 aliphatic heterocycles. The first-order valence-electron chi connectivity index (χ1n) is 13.3. The van der Waals surface area contributed by atoms with Gasteiger partial charge in [-0.2, -0.15) is 0 Å². The summed E-state index contributed by atoms with van der Waals surface area (Å²) in [4.78, 5) is 32.5. The lowest BCUT2D eigenvalue weighted by molar-refractivity contribution is -0.132. The van der Waals surface area contributed by atoms with Crippen molar-refractivity contribution in [1.29, 1.82) is 0 Å². The summed E-state index contributed by atoms with van der Waals surface area (Å²) < 4.78 is 5.31. The topological polar surface area (TPSA) is 78.9 Å². The van der Waals surface area contributed by atoms with Crippen LogP contribution in [0.1, 0.15) is 42.6 Å². The number of rotatable bonds is 8. The number of carbonyl (C=O) groups excluding carboxylic acids is 2. The molecule has 0 aliphatic carbocycles. The van der Waals surface area contributed by atoms with Crippen LogP contribution in [0.5, 0.6) is 5.75 Å². The second-order valence-corrected chi connectivity index (χ2v) is 9.74. The second kappa shape index (κ2) is 12.5. The average molecular weight is 516 g/mol. The van der Waals surface area contributed by atoms with Gasteiger partial charge in [0.1, 0.15) is 12.3 Å². The maximum Gasteiger partial charge on any atom is 0.254 e. The van der Waals surface area contributed by atoms with Crippen LogP contribution in [-0.4, -0.2) is 77.7 Å². The molecule has 1 unspecified atom stereocenters. The van der Waals surface area contributed by atoms with E-state index >= 15 is 0 Å². The Hall–Kier alpha value is -3.94. The van der Waals surface area contributed by atoms with E-state index in [1.54, 1.807) is 12.0 Å². The summed E-state index contributed by atoms with van der Waals surface area (Å²) in [5.41, 5.74) is 3.30. The quantitative estimate of drug-likeness (QED) is 0.441. The number of aromatic nitrogens is 2. The number of aryl methyl sites for hydroxylation is 1. The van der Waals surface area contributed by atoms with E-state index in [1.165, 1.54) is 0 Å². The van der Waals surface area contributed by atoms with Crippen molar-refractivity contribution < 1.29 is 14.3 Å². The molecule has 2 aromatic carbocycles. The van der Waals surface area contributed by atoms with Gasteiger partial charge >= 0.3 is 0 Å². The third kappa shape index (κ3) is 6.30. The van der Waals surface area contributed by atoms with Gasteiger partial charge < -0.3 is 19.4 Å². The molecule has 1 aromatic heterocycles. The fourth-order valence-electron chi connectivity index (χ4n) is 4.69. The molecule has 2 amide bonds. The minimum absolute atomic E-state index is 0.0199. The fraction of sp³-hybridized carbons (Fsp3) is 0.400. The molecular formula is C30H37N5O3. The van der Waals surface area contributed by atoms with Crippen LogP contribution in [0.3, 0.4) is 0 Å². The molecule has 4 rings (SSSR count). The van der Waals surface area contributed by atoms with Gasteiger partial charge in [0.05, 0.1) is 12.8 Å². The number of ether oxygens (including phenoxy) is 1. The van der Waals surface area contributed by atoms with Gasteiger partial charge in [0.15, 0.2) is 5.82 Å². The highest BCUT2D eigenvalue weighted by molar-refractivity contribution is 5.98. The first-order valence-corrected chi connectivity index (χ1v) is 13.3. The molecule has 0 saturated carbocycles. The summed E-state index contributed by atoms with van der Waals surface area (Å²) in [5, 5.41) is 8.91. The molecule has 1 saturated heterocycles. The molecule has 200 valence electrons. The van der Waals surface area contributed by atoms with Crippen LogP contribution in [0.25, 0.3) is 11.3 Å². The van der Waals surface area contributed by atoms with Crippen LogP contribution >= 0.6 is 0 Å². The Morgan fingerprint density at radius 2 is 1.82 bits per heavy atom. The van der Waals surface area contributed by atoms with E-state index in [4.69, 9.17) is 4.74 Å². The second-order valence-electron chi connectivity index (χ2n) is 9.74. The molecule has 2 heterocycles. The molecule has 1 aliphatic rings. The summed E-state index contributed by atoms with van der Waals surface area (Å²) in [5.74, 6) is 1.46. The molecular weight excluding hydrogens is 478 g/mol. The van der Waals surface area contributed by atoms with Crippen molar-refractivity contribution in [2.45, 2.75) is 39.7 Å². The van der Waals surface area contributed by atoms with Gasteiger partial charge in [0.25, 0.3) is 5.91 Å². The number of amides is 2. The number of anilines is 1. The molecule has 8 heteroatoms. The monoisotopic (exact) mass is 515 g/mol. The Labute approximate surface area is 225 Å². The van der Waals surface area contributed by atoms with E-state index in [-0.39, 0.29) is 24.4 Å². The van der Waals surface area contributed by atoms with E-state index in [0.717, 1.165) is 47.8 Å². The normalized spacial score (nSPS) is 14.5. The summed E-state index contributed by atoms with van der Waals surface area (Å²) in [6.07, 6.45) is 1.60. The molecule has 8 nitrogen and oxygen atoms in total. The Kier molecular flexibility index (Phi) is 8.94. The first-order chi connectivity index (χ1) is 18.4. The molecule has 0 N–H and O–H groups in total. The van der Waals surface area contributed by atoms with Crippen LogP contribution in [-0.2, 0) is 4.79 Å². The molecule has 0 bridgehead atoms. The molecule has 0 radical (unpaired) electrons. The van der Waals surface area contributed by atoms with Gasteiger partial charge in [0.2, 0.25) is 5.91 Å². The standard InChI is InChI=1S/C30H37N5O3/c1-5-23(3)35(30(37)26-13-7-6-10-22(26)2)21-29(36)34-17-9-16-33(18-19-34)28-15-14-27(31-32-28)24-11-8-12-25(20-24)38-4/h6-8,10-15,20,23H,5,9,16-19,21H2,1-4H3. The largest absolute Gasteiger partial charge is 0.497 e. The zero-order valence-corrected chi connectivity index (χ0v) is 22.8. The van der Waals surface area contributed by atoms with E-state index in [1.807, 2.05) is 86.3 Å². The van der Waals surface area contributed by atoms with Crippen molar-refractivity contribution in [2.75, 3.05) is 44.7 Å². The molecule has 0 spiro atoms. The van der Waals surface area contributed by atoms with Crippen molar-refractivity contribution in [2.24, 2.45) is 0 Å². The van der Waals surface area contributed by atoms with Crippen molar-refractivity contribution in [1.82, 2.24) is 20.0 Å². The highest BCUT2D eigenvalue weighted by atomic mass is 16.5. The Balaban J connectivity index is 1.40. The summed E-state index contributed by atoms with van der Waals surface area (Å²) in [6.45, 7) is 8.72. The van der Waals surface area contributed by atoms with Crippen LogP contribution in [0, 0.1) is 6.92 Å². The Morgan fingerprint density at radius 1 is 1.00 bits per heavy atom. The lowest BCUT2D eigenvalue weighted by Gasteiger charge is -2.31. The van der Waals surface area contributed by atoms with Gasteiger partial charge in [-0.25, -0.2) is 0 Å². The van der Waals surface area contributed by atoms with Gasteiger partial charge in [-0.15, -0.1) is 10.2 Å². The highest BCUT2D eigenvalue weighted by Crippen LogP contribution is 2.23. The van der Waals surface area contributed by atoms with Gasteiger partial charge in [-0.05, 0) is 62.6 Å². The smallest absolute Gasteiger partial charge is 0.254 e. The summed E-state index contributed by atoms with van der Waals surface area (Å²) >= 11 is 0. The van der Waals surface area contributed by atoms with E-state index < -0.39 is 0 Å². The van der Waals surface area contributed by atoms with Crippen molar-refractivity contribution in [3.05, 3.63) is 71.8 Å². The number of nitrogens with zero attached hydrogens (tertiary/aromatic N) is 5. The maximum atomic E-state index is 13.4. The third-order valence-corrected chi connectivity index (χ3v) is 7.25. The SMILES string of the molecule is CCC(C)N(CC(=O)N1CCCN(c2ccc(-c3cccc(OC)c3)nn2)CC1)C(=O)c1ccccc1C. The van der Waals surface area contributed by atoms with Crippen LogP contribution in [0.2, 0.25) is 0 Å². The van der Waals surface area contributed by atoms with Crippen LogP contribution in [0.4, 0.5) is 5.82 Å². The summed E-state index contributed by atoms with van der Waals surface area (Å²) in [6, 6.07) is 19.2. The number of benzene rings is 2. The molecule has 1 atom stereocenters. The predicted molar refractivity (Wildman–Crippen MR) is 149 cm³/mol. The van der Waals surface area contributed by atoms with Crippen LogP contribution < -0.4 is 9.64 Å². The van der Waals surface area contributed by atoms with Gasteiger partial charge in [-0.3, -0.25) is 9.59 Å². The molecule has 38 heavy (non-hydrogen) atoms. The van der Waals surface area contributed by atoms with E-state index in [2.05, 4.69) is 15.1 Å². The van der Waals surface area contributed by atoms with Crippen LogP contribution in [0.15, 0.2) is 60.7 Å². The minimum Gasteiger partial charge on any atom is -0.497 e. The van der Waals surface area contributed by atoms with Crippen molar-refractivity contribution in [3.63, 3.8) is 0 Å². The summed E-state index contributed by atoms with van der Waals surface area (Å²) in [7, 11) is 1.64. The lowest BCUT2D eigenvalue weighted by atomic mass is 10.1. The molecule has 1 fully saturated rings.